The lowest BCUT2D eigenvalue weighted by atomic mass is 10.1. The molecule has 2 fully saturated rings. The van der Waals surface area contributed by atoms with Gasteiger partial charge in [0.2, 0.25) is 5.91 Å². The Labute approximate surface area is 92.9 Å². The summed E-state index contributed by atoms with van der Waals surface area (Å²) in [6.45, 7) is 2.54. The van der Waals surface area contributed by atoms with Crippen LogP contribution < -0.4 is 0 Å². The quantitative estimate of drug-likeness (QED) is 0.707. The summed E-state index contributed by atoms with van der Waals surface area (Å²) < 4.78 is 5.61. The van der Waals surface area contributed by atoms with Gasteiger partial charge in [0.15, 0.2) is 0 Å². The van der Waals surface area contributed by atoms with E-state index in [2.05, 4.69) is 15.9 Å². The van der Waals surface area contributed by atoms with Crippen molar-refractivity contribution in [2.75, 3.05) is 19.7 Å². The predicted octanol–water partition coefficient (Wildman–Crippen LogP) is 1.55. The van der Waals surface area contributed by atoms with Crippen LogP contribution in [0.4, 0.5) is 0 Å². The average molecular weight is 262 g/mol. The Morgan fingerprint density at radius 1 is 1.43 bits per heavy atom. The van der Waals surface area contributed by atoms with Crippen molar-refractivity contribution >= 4 is 21.8 Å². The molecule has 0 bridgehead atoms. The van der Waals surface area contributed by atoms with Crippen LogP contribution in [0.2, 0.25) is 0 Å². The number of carbonyl (C=O) groups excluding carboxylic acids is 1. The van der Waals surface area contributed by atoms with E-state index in [9.17, 15) is 4.79 Å². The summed E-state index contributed by atoms with van der Waals surface area (Å²) in [5, 5.41) is 0. The highest BCUT2D eigenvalue weighted by molar-refractivity contribution is 9.10. The van der Waals surface area contributed by atoms with Gasteiger partial charge in [-0.05, 0) is 25.7 Å². The van der Waals surface area contributed by atoms with E-state index >= 15 is 0 Å². The molecule has 80 valence electrons. The van der Waals surface area contributed by atoms with Gasteiger partial charge in [-0.3, -0.25) is 4.79 Å². The Hall–Kier alpha value is -0.0900. The second kappa shape index (κ2) is 4.62. The highest BCUT2D eigenvalue weighted by Gasteiger charge is 2.31. The number of likely N-dealkylation sites (tertiary alicyclic amines) is 1. The van der Waals surface area contributed by atoms with Gasteiger partial charge in [0.05, 0.1) is 10.9 Å². The van der Waals surface area contributed by atoms with Crippen molar-refractivity contribution < 1.29 is 9.53 Å². The van der Waals surface area contributed by atoms with Crippen LogP contribution in [0.25, 0.3) is 0 Å². The normalized spacial score (nSPS) is 33.8. The number of rotatable bonds is 2. The lowest BCUT2D eigenvalue weighted by Gasteiger charge is -2.27. The summed E-state index contributed by atoms with van der Waals surface area (Å²) in [6.07, 6.45) is 4.74. The van der Waals surface area contributed by atoms with E-state index in [0.717, 1.165) is 32.5 Å². The summed E-state index contributed by atoms with van der Waals surface area (Å²) >= 11 is 3.38. The topological polar surface area (TPSA) is 29.5 Å². The fraction of sp³-hybridized carbons (Fsp3) is 0.900. The van der Waals surface area contributed by atoms with Crippen molar-refractivity contribution in [3.05, 3.63) is 0 Å². The molecule has 2 aliphatic heterocycles. The number of ether oxygens (including phenoxy) is 1. The van der Waals surface area contributed by atoms with Crippen LogP contribution in [-0.4, -0.2) is 41.4 Å². The molecular weight excluding hydrogens is 246 g/mol. The molecule has 1 amide bonds. The SMILES string of the molecule is O=C1C(Br)CCN1CC1CCCCO1. The molecule has 2 rings (SSSR count). The number of halogens is 1. The summed E-state index contributed by atoms with van der Waals surface area (Å²) in [7, 11) is 0. The first-order chi connectivity index (χ1) is 6.77. The average Bonchev–Trinajstić information content (AvgIpc) is 2.52. The maximum Gasteiger partial charge on any atom is 0.236 e. The van der Waals surface area contributed by atoms with Crippen molar-refractivity contribution in [2.24, 2.45) is 0 Å². The van der Waals surface area contributed by atoms with Crippen LogP contribution in [0, 0.1) is 0 Å². The van der Waals surface area contributed by atoms with Gasteiger partial charge in [-0.15, -0.1) is 0 Å². The first kappa shape index (κ1) is 10.4. The van der Waals surface area contributed by atoms with Crippen molar-refractivity contribution in [3.63, 3.8) is 0 Å². The molecule has 2 unspecified atom stereocenters. The third kappa shape index (κ3) is 2.28. The zero-order valence-electron chi connectivity index (χ0n) is 8.25. The van der Waals surface area contributed by atoms with Crippen LogP contribution in [-0.2, 0) is 9.53 Å². The van der Waals surface area contributed by atoms with Gasteiger partial charge < -0.3 is 9.64 Å². The maximum atomic E-state index is 11.6. The molecular formula is C10H16BrNO2. The molecule has 14 heavy (non-hydrogen) atoms. The number of nitrogens with zero attached hydrogens (tertiary/aromatic N) is 1. The van der Waals surface area contributed by atoms with Crippen molar-refractivity contribution in [2.45, 2.75) is 36.6 Å². The molecule has 0 spiro atoms. The summed E-state index contributed by atoms with van der Waals surface area (Å²) in [5.74, 6) is 0.235. The lowest BCUT2D eigenvalue weighted by molar-refractivity contribution is -0.129. The minimum Gasteiger partial charge on any atom is -0.376 e. The Morgan fingerprint density at radius 3 is 2.86 bits per heavy atom. The summed E-state index contributed by atoms with van der Waals surface area (Å²) in [4.78, 5) is 13.6. The zero-order valence-corrected chi connectivity index (χ0v) is 9.83. The van der Waals surface area contributed by atoms with Gasteiger partial charge in [-0.2, -0.15) is 0 Å². The number of amides is 1. The third-order valence-electron chi connectivity index (χ3n) is 2.93. The van der Waals surface area contributed by atoms with Crippen LogP contribution in [0.1, 0.15) is 25.7 Å². The molecule has 4 heteroatoms. The minimum atomic E-state index is 0.0473. The van der Waals surface area contributed by atoms with Gasteiger partial charge in [-0.1, -0.05) is 15.9 Å². The van der Waals surface area contributed by atoms with Gasteiger partial charge in [0.1, 0.15) is 0 Å². The van der Waals surface area contributed by atoms with E-state index in [0.29, 0.717) is 0 Å². The van der Waals surface area contributed by atoms with Crippen LogP contribution in [0.15, 0.2) is 0 Å². The van der Waals surface area contributed by atoms with Crippen molar-refractivity contribution in [3.8, 4) is 0 Å². The number of carbonyl (C=O) groups is 1. The summed E-state index contributed by atoms with van der Waals surface area (Å²) in [6, 6.07) is 0. The monoisotopic (exact) mass is 261 g/mol. The van der Waals surface area contributed by atoms with E-state index in [1.54, 1.807) is 0 Å². The molecule has 0 saturated carbocycles. The Bertz CT molecular complexity index is 216. The number of hydrogen-bond donors (Lipinski definition) is 0. The molecule has 0 N–H and O–H groups in total. The zero-order chi connectivity index (χ0) is 9.97. The third-order valence-corrected chi connectivity index (χ3v) is 3.78. The second-order valence-electron chi connectivity index (χ2n) is 4.03. The highest BCUT2D eigenvalue weighted by Crippen LogP contribution is 2.21. The predicted molar refractivity (Wildman–Crippen MR) is 57.5 cm³/mol. The summed E-state index contributed by atoms with van der Waals surface area (Å²) in [5.41, 5.74) is 0. The molecule has 0 aromatic rings. The van der Waals surface area contributed by atoms with E-state index in [-0.39, 0.29) is 16.8 Å². The maximum absolute atomic E-state index is 11.6. The number of hydrogen-bond acceptors (Lipinski definition) is 2. The largest absolute Gasteiger partial charge is 0.376 e. The molecule has 2 heterocycles. The molecule has 2 saturated heterocycles. The fourth-order valence-electron chi connectivity index (χ4n) is 2.08. The number of alkyl halides is 1. The minimum absolute atomic E-state index is 0.0473. The smallest absolute Gasteiger partial charge is 0.236 e. The van der Waals surface area contributed by atoms with Crippen LogP contribution >= 0.6 is 15.9 Å². The lowest BCUT2D eigenvalue weighted by Crippen LogP contribution is -2.37. The van der Waals surface area contributed by atoms with E-state index < -0.39 is 0 Å². The molecule has 0 aromatic heterocycles. The highest BCUT2D eigenvalue weighted by atomic mass is 79.9. The van der Waals surface area contributed by atoms with Crippen molar-refractivity contribution in [1.29, 1.82) is 0 Å². The van der Waals surface area contributed by atoms with Crippen LogP contribution in [0.3, 0.4) is 0 Å². The molecule has 3 nitrogen and oxygen atoms in total. The van der Waals surface area contributed by atoms with Crippen molar-refractivity contribution in [1.82, 2.24) is 4.90 Å². The van der Waals surface area contributed by atoms with Crippen LogP contribution in [0.5, 0.6) is 0 Å². The second-order valence-corrected chi connectivity index (χ2v) is 5.13. The first-order valence-corrected chi connectivity index (χ1v) is 6.23. The molecule has 0 aliphatic carbocycles. The van der Waals surface area contributed by atoms with Gasteiger partial charge in [0.25, 0.3) is 0 Å². The van der Waals surface area contributed by atoms with Gasteiger partial charge in [-0.25, -0.2) is 0 Å². The molecule has 2 atom stereocenters. The van der Waals surface area contributed by atoms with E-state index in [4.69, 9.17) is 4.74 Å². The van der Waals surface area contributed by atoms with Gasteiger partial charge in [0, 0.05) is 19.7 Å². The Morgan fingerprint density at radius 2 is 2.29 bits per heavy atom. The first-order valence-electron chi connectivity index (χ1n) is 5.32. The fourth-order valence-corrected chi connectivity index (χ4v) is 2.57. The molecule has 0 aromatic carbocycles. The molecule has 0 radical (unpaired) electrons. The van der Waals surface area contributed by atoms with E-state index in [1.165, 1.54) is 12.8 Å². The molecule has 2 aliphatic rings. The Balaban J connectivity index is 1.82. The Kier molecular flexibility index (Phi) is 3.44. The standard InChI is InChI=1S/C10H16BrNO2/c11-9-4-5-12(10(9)13)7-8-3-1-2-6-14-8/h8-9H,1-7H2. The van der Waals surface area contributed by atoms with E-state index in [1.807, 2.05) is 4.90 Å². The van der Waals surface area contributed by atoms with Gasteiger partial charge >= 0.3 is 0 Å².